The van der Waals surface area contributed by atoms with E-state index >= 15 is 0 Å². The van der Waals surface area contributed by atoms with E-state index in [9.17, 15) is 0 Å². The van der Waals surface area contributed by atoms with Gasteiger partial charge in [0.1, 0.15) is 11.6 Å². The van der Waals surface area contributed by atoms with Gasteiger partial charge in [0.2, 0.25) is 0 Å². The number of methoxy groups -OCH3 is 1. The van der Waals surface area contributed by atoms with Gasteiger partial charge in [-0.25, -0.2) is 0 Å². The summed E-state index contributed by atoms with van der Waals surface area (Å²) in [5.74, 6) is 1.57. The number of benzene rings is 1. The maximum absolute atomic E-state index is 6.18. The first kappa shape index (κ1) is 14.4. The highest BCUT2D eigenvalue weighted by molar-refractivity contribution is 5.77. The van der Waals surface area contributed by atoms with Crippen LogP contribution in [0, 0.1) is 0 Å². The predicted octanol–water partition coefficient (Wildman–Crippen LogP) is 3.41. The SMILES string of the molecule is CCCCCc1nn(C)c(N)c1-c1ccc(OC)cc1. The van der Waals surface area contributed by atoms with Crippen LogP contribution in [0.4, 0.5) is 5.82 Å². The number of nitrogen functional groups attached to an aromatic ring is 1. The fourth-order valence-electron chi connectivity index (χ4n) is 2.38. The van der Waals surface area contributed by atoms with Gasteiger partial charge in [0.25, 0.3) is 0 Å². The quantitative estimate of drug-likeness (QED) is 0.821. The van der Waals surface area contributed by atoms with Gasteiger partial charge in [0.15, 0.2) is 0 Å². The van der Waals surface area contributed by atoms with Gasteiger partial charge < -0.3 is 10.5 Å². The van der Waals surface area contributed by atoms with Gasteiger partial charge in [-0.3, -0.25) is 4.68 Å². The lowest BCUT2D eigenvalue weighted by molar-refractivity contribution is 0.415. The van der Waals surface area contributed by atoms with E-state index < -0.39 is 0 Å². The molecule has 0 aliphatic carbocycles. The molecule has 0 saturated heterocycles. The maximum Gasteiger partial charge on any atom is 0.129 e. The van der Waals surface area contributed by atoms with Gasteiger partial charge in [-0.15, -0.1) is 0 Å². The van der Waals surface area contributed by atoms with Gasteiger partial charge in [0, 0.05) is 12.6 Å². The Morgan fingerprint density at radius 2 is 1.90 bits per heavy atom. The monoisotopic (exact) mass is 273 g/mol. The molecule has 0 atom stereocenters. The Labute approximate surface area is 120 Å². The Kier molecular flexibility index (Phi) is 4.66. The molecule has 2 aromatic rings. The minimum atomic E-state index is 0.724. The topological polar surface area (TPSA) is 53.1 Å². The summed E-state index contributed by atoms with van der Waals surface area (Å²) >= 11 is 0. The molecule has 1 heterocycles. The van der Waals surface area contributed by atoms with Crippen LogP contribution in [0.15, 0.2) is 24.3 Å². The molecule has 0 amide bonds. The van der Waals surface area contributed by atoms with Crippen LogP contribution >= 0.6 is 0 Å². The third-order valence-electron chi connectivity index (χ3n) is 3.56. The number of hydrogen-bond acceptors (Lipinski definition) is 3. The second kappa shape index (κ2) is 6.46. The average molecular weight is 273 g/mol. The maximum atomic E-state index is 6.18. The average Bonchev–Trinajstić information content (AvgIpc) is 2.75. The second-order valence-corrected chi connectivity index (χ2v) is 5.02. The standard InChI is InChI=1S/C16H23N3O/c1-4-5-6-7-14-15(16(17)19(2)18-14)12-8-10-13(20-3)11-9-12/h8-11H,4-7,17H2,1-3H3. The highest BCUT2D eigenvalue weighted by Gasteiger charge is 2.15. The second-order valence-electron chi connectivity index (χ2n) is 5.02. The molecular weight excluding hydrogens is 250 g/mol. The summed E-state index contributed by atoms with van der Waals surface area (Å²) in [6.07, 6.45) is 4.55. The first-order valence-corrected chi connectivity index (χ1v) is 7.13. The summed E-state index contributed by atoms with van der Waals surface area (Å²) in [7, 11) is 3.56. The lowest BCUT2D eigenvalue weighted by Crippen LogP contribution is -1.98. The lowest BCUT2D eigenvalue weighted by Gasteiger charge is -2.06. The minimum Gasteiger partial charge on any atom is -0.497 e. The van der Waals surface area contributed by atoms with Crippen LogP contribution in [0.5, 0.6) is 5.75 Å². The number of nitrogens with two attached hydrogens (primary N) is 1. The summed E-state index contributed by atoms with van der Waals surface area (Å²) < 4.78 is 6.96. The summed E-state index contributed by atoms with van der Waals surface area (Å²) in [4.78, 5) is 0. The van der Waals surface area contributed by atoms with Crippen LogP contribution in [0.2, 0.25) is 0 Å². The van der Waals surface area contributed by atoms with Crippen molar-refractivity contribution in [2.24, 2.45) is 7.05 Å². The van der Waals surface area contributed by atoms with Crippen LogP contribution < -0.4 is 10.5 Å². The molecule has 1 aromatic heterocycles. The molecule has 4 heteroatoms. The predicted molar refractivity (Wildman–Crippen MR) is 82.8 cm³/mol. The Hall–Kier alpha value is -1.97. The molecular formula is C16H23N3O. The smallest absolute Gasteiger partial charge is 0.129 e. The van der Waals surface area contributed by atoms with Crippen molar-refractivity contribution in [3.05, 3.63) is 30.0 Å². The van der Waals surface area contributed by atoms with Crippen molar-refractivity contribution in [1.82, 2.24) is 9.78 Å². The summed E-state index contributed by atoms with van der Waals surface area (Å²) in [6.45, 7) is 2.21. The van der Waals surface area contributed by atoms with E-state index in [1.165, 1.54) is 12.8 Å². The molecule has 2 N–H and O–H groups in total. The minimum absolute atomic E-state index is 0.724. The molecule has 4 nitrogen and oxygen atoms in total. The van der Waals surface area contributed by atoms with E-state index in [-0.39, 0.29) is 0 Å². The molecule has 0 bridgehead atoms. The normalized spacial score (nSPS) is 10.8. The van der Waals surface area contributed by atoms with E-state index in [0.717, 1.165) is 41.2 Å². The van der Waals surface area contributed by atoms with Crippen molar-refractivity contribution in [3.63, 3.8) is 0 Å². The fraction of sp³-hybridized carbons (Fsp3) is 0.438. The highest BCUT2D eigenvalue weighted by atomic mass is 16.5. The van der Waals surface area contributed by atoms with Crippen molar-refractivity contribution in [2.45, 2.75) is 32.6 Å². The lowest BCUT2D eigenvalue weighted by atomic mass is 10.0. The van der Waals surface area contributed by atoms with Crippen molar-refractivity contribution in [3.8, 4) is 16.9 Å². The zero-order chi connectivity index (χ0) is 14.5. The van der Waals surface area contributed by atoms with E-state index in [4.69, 9.17) is 10.5 Å². The Morgan fingerprint density at radius 1 is 1.20 bits per heavy atom. The number of anilines is 1. The zero-order valence-corrected chi connectivity index (χ0v) is 12.5. The van der Waals surface area contributed by atoms with Crippen LogP contribution in [0.3, 0.4) is 0 Å². The number of nitrogens with zero attached hydrogens (tertiary/aromatic N) is 2. The largest absolute Gasteiger partial charge is 0.497 e. The number of ether oxygens (including phenoxy) is 1. The van der Waals surface area contributed by atoms with Crippen LogP contribution in [0.1, 0.15) is 31.9 Å². The fourth-order valence-corrected chi connectivity index (χ4v) is 2.38. The Bertz CT molecular complexity index is 558. The zero-order valence-electron chi connectivity index (χ0n) is 12.5. The molecule has 20 heavy (non-hydrogen) atoms. The van der Waals surface area contributed by atoms with Gasteiger partial charge >= 0.3 is 0 Å². The number of hydrogen-bond donors (Lipinski definition) is 1. The van der Waals surface area contributed by atoms with Crippen LogP contribution in [0.25, 0.3) is 11.1 Å². The number of aryl methyl sites for hydroxylation is 2. The first-order chi connectivity index (χ1) is 9.67. The highest BCUT2D eigenvalue weighted by Crippen LogP contribution is 2.31. The molecule has 2 rings (SSSR count). The van der Waals surface area contributed by atoms with Crippen LogP contribution in [-0.4, -0.2) is 16.9 Å². The number of aromatic nitrogens is 2. The van der Waals surface area contributed by atoms with Gasteiger partial charge in [-0.05, 0) is 30.5 Å². The summed E-state index contributed by atoms with van der Waals surface area (Å²) in [6, 6.07) is 7.99. The third kappa shape index (κ3) is 2.95. The summed E-state index contributed by atoms with van der Waals surface area (Å²) in [5.41, 5.74) is 9.43. The molecule has 0 saturated carbocycles. The molecule has 1 aromatic carbocycles. The Morgan fingerprint density at radius 3 is 2.50 bits per heavy atom. The molecule has 0 fully saturated rings. The Balaban J connectivity index is 2.32. The molecule has 0 aliphatic rings. The van der Waals surface area contributed by atoms with Crippen molar-refractivity contribution < 1.29 is 4.74 Å². The number of unbranched alkanes of at least 4 members (excludes halogenated alkanes) is 2. The molecule has 0 spiro atoms. The van der Waals surface area contributed by atoms with Gasteiger partial charge in [0.05, 0.1) is 12.8 Å². The van der Waals surface area contributed by atoms with Gasteiger partial charge in [-0.2, -0.15) is 5.10 Å². The van der Waals surface area contributed by atoms with Crippen molar-refractivity contribution in [2.75, 3.05) is 12.8 Å². The number of rotatable bonds is 6. The summed E-state index contributed by atoms with van der Waals surface area (Å²) in [5, 5.41) is 4.56. The van der Waals surface area contributed by atoms with E-state index in [2.05, 4.69) is 12.0 Å². The molecule has 0 unspecified atom stereocenters. The van der Waals surface area contributed by atoms with E-state index in [0.29, 0.717) is 0 Å². The van der Waals surface area contributed by atoms with E-state index in [1.54, 1.807) is 11.8 Å². The molecule has 0 aliphatic heterocycles. The van der Waals surface area contributed by atoms with E-state index in [1.807, 2.05) is 31.3 Å². The first-order valence-electron chi connectivity index (χ1n) is 7.13. The van der Waals surface area contributed by atoms with Crippen molar-refractivity contribution in [1.29, 1.82) is 0 Å². The third-order valence-corrected chi connectivity index (χ3v) is 3.56. The molecule has 0 radical (unpaired) electrons. The molecule has 108 valence electrons. The van der Waals surface area contributed by atoms with Gasteiger partial charge in [-0.1, -0.05) is 31.9 Å². The van der Waals surface area contributed by atoms with Crippen molar-refractivity contribution >= 4 is 5.82 Å². The van der Waals surface area contributed by atoms with Crippen LogP contribution in [-0.2, 0) is 13.5 Å².